The molecule has 0 atom stereocenters. The van der Waals surface area contributed by atoms with Crippen molar-refractivity contribution in [3.8, 4) is 0 Å². The smallest absolute Gasteiger partial charge is 0.295 e. The van der Waals surface area contributed by atoms with Crippen LogP contribution in [-0.2, 0) is 5.92 Å². The zero-order valence-electron chi connectivity index (χ0n) is 7.02. The zero-order valence-corrected chi connectivity index (χ0v) is 7.78. The maximum absolute atomic E-state index is 12.9. The van der Waals surface area contributed by atoms with Gasteiger partial charge in [-0.05, 0) is 18.6 Å². The highest BCUT2D eigenvalue weighted by Crippen LogP contribution is 2.30. The average molecular weight is 207 g/mol. The molecule has 0 amide bonds. The fourth-order valence-electron chi connectivity index (χ4n) is 0.912. The van der Waals surface area contributed by atoms with Crippen molar-refractivity contribution < 1.29 is 13.9 Å². The highest BCUT2D eigenvalue weighted by atomic mass is 35.5. The van der Waals surface area contributed by atoms with E-state index in [1.807, 2.05) is 0 Å². The van der Waals surface area contributed by atoms with Crippen LogP contribution in [0.4, 0.5) is 8.78 Å². The molecule has 1 nitrogen and oxygen atoms in total. The molecule has 0 aromatic heterocycles. The molecule has 1 aromatic carbocycles. The van der Waals surface area contributed by atoms with Gasteiger partial charge in [-0.25, -0.2) is 0 Å². The van der Waals surface area contributed by atoms with E-state index >= 15 is 0 Å². The van der Waals surface area contributed by atoms with Crippen molar-refractivity contribution in [3.05, 3.63) is 34.3 Å². The highest BCUT2D eigenvalue weighted by molar-refractivity contribution is 6.31. The first-order chi connectivity index (χ1) is 5.97. The fourth-order valence-corrected chi connectivity index (χ4v) is 1.09. The molecule has 1 aromatic rings. The molecule has 1 rings (SSSR count). The number of alkyl halides is 2. The molecule has 4 heteroatoms. The Bertz CT molecular complexity index is 312. The molecule has 0 aliphatic rings. The summed E-state index contributed by atoms with van der Waals surface area (Å²) in [4.78, 5) is 0. The fraction of sp³-hybridized carbons (Fsp3) is 0.333. The van der Waals surface area contributed by atoms with Crippen LogP contribution in [0, 0.1) is 6.92 Å². The topological polar surface area (TPSA) is 20.2 Å². The Morgan fingerprint density at radius 2 is 2.08 bits per heavy atom. The molecule has 0 fully saturated rings. The molecule has 1 N–H and O–H groups in total. The summed E-state index contributed by atoms with van der Waals surface area (Å²) in [5.74, 6) is -3.21. The summed E-state index contributed by atoms with van der Waals surface area (Å²) in [7, 11) is 0. The van der Waals surface area contributed by atoms with Gasteiger partial charge >= 0.3 is 0 Å². The van der Waals surface area contributed by atoms with Crippen molar-refractivity contribution in [2.75, 3.05) is 6.61 Å². The Morgan fingerprint density at radius 3 is 2.54 bits per heavy atom. The second kappa shape index (κ2) is 3.60. The molecular formula is C9H9ClF2O. The van der Waals surface area contributed by atoms with Gasteiger partial charge < -0.3 is 5.11 Å². The largest absolute Gasteiger partial charge is 0.390 e. The van der Waals surface area contributed by atoms with Gasteiger partial charge in [-0.1, -0.05) is 23.7 Å². The summed E-state index contributed by atoms with van der Waals surface area (Å²) < 4.78 is 25.8. The number of aliphatic hydroxyl groups excluding tert-OH is 1. The first-order valence-corrected chi connectivity index (χ1v) is 4.10. The van der Waals surface area contributed by atoms with Crippen LogP contribution in [0.15, 0.2) is 18.2 Å². The number of halogens is 3. The predicted octanol–water partition coefficient (Wildman–Crippen LogP) is 2.73. The first-order valence-electron chi connectivity index (χ1n) is 3.72. The molecule has 0 bridgehead atoms. The van der Waals surface area contributed by atoms with Gasteiger partial charge in [-0.2, -0.15) is 8.78 Å². The summed E-state index contributed by atoms with van der Waals surface area (Å²) in [5, 5.41) is 8.70. The van der Waals surface area contributed by atoms with E-state index in [2.05, 4.69) is 0 Å². The molecule has 0 aliphatic heterocycles. The molecule has 0 saturated heterocycles. The van der Waals surface area contributed by atoms with Crippen molar-refractivity contribution in [1.82, 2.24) is 0 Å². The maximum Gasteiger partial charge on any atom is 0.295 e. The summed E-state index contributed by atoms with van der Waals surface area (Å²) in [6.45, 7) is 0.523. The van der Waals surface area contributed by atoms with Crippen LogP contribution < -0.4 is 0 Å². The molecule has 13 heavy (non-hydrogen) atoms. The Hall–Kier alpha value is -0.670. The van der Waals surface area contributed by atoms with Gasteiger partial charge in [-0.15, -0.1) is 0 Å². The third-order valence-electron chi connectivity index (χ3n) is 1.79. The van der Waals surface area contributed by atoms with E-state index < -0.39 is 12.5 Å². The minimum atomic E-state index is -3.21. The van der Waals surface area contributed by atoms with E-state index in [9.17, 15) is 8.78 Å². The minimum Gasteiger partial charge on any atom is -0.390 e. The van der Waals surface area contributed by atoms with Crippen molar-refractivity contribution in [2.24, 2.45) is 0 Å². The van der Waals surface area contributed by atoms with E-state index in [0.29, 0.717) is 0 Å². The van der Waals surface area contributed by atoms with Crippen molar-refractivity contribution in [3.63, 3.8) is 0 Å². The lowest BCUT2D eigenvalue weighted by Crippen LogP contribution is -2.18. The summed E-state index contributed by atoms with van der Waals surface area (Å²) >= 11 is 5.66. The molecule has 0 heterocycles. The van der Waals surface area contributed by atoms with Crippen molar-refractivity contribution in [2.45, 2.75) is 12.8 Å². The van der Waals surface area contributed by atoms with Crippen LogP contribution in [0.3, 0.4) is 0 Å². The first kappa shape index (κ1) is 10.4. The SMILES string of the molecule is Cc1ccc(C(F)(F)CO)cc1Cl. The van der Waals surface area contributed by atoms with E-state index in [-0.39, 0.29) is 10.6 Å². The van der Waals surface area contributed by atoms with Crippen LogP contribution in [0.1, 0.15) is 11.1 Å². The van der Waals surface area contributed by atoms with Crippen LogP contribution in [0.2, 0.25) is 5.02 Å². The Balaban J connectivity index is 3.10. The van der Waals surface area contributed by atoms with E-state index in [4.69, 9.17) is 16.7 Å². The summed E-state index contributed by atoms with van der Waals surface area (Å²) in [6.07, 6.45) is 0. The highest BCUT2D eigenvalue weighted by Gasteiger charge is 2.30. The quantitative estimate of drug-likeness (QED) is 0.789. The molecular weight excluding hydrogens is 198 g/mol. The van der Waals surface area contributed by atoms with Gasteiger partial charge in [-0.3, -0.25) is 0 Å². The predicted molar refractivity (Wildman–Crippen MR) is 47.2 cm³/mol. The van der Waals surface area contributed by atoms with Crippen molar-refractivity contribution in [1.29, 1.82) is 0 Å². The number of rotatable bonds is 2. The Labute approximate surface area is 80.0 Å². The molecule has 0 spiro atoms. The van der Waals surface area contributed by atoms with Crippen LogP contribution in [0.25, 0.3) is 0 Å². The van der Waals surface area contributed by atoms with Crippen LogP contribution in [-0.4, -0.2) is 11.7 Å². The standard InChI is InChI=1S/C9H9ClF2O/c1-6-2-3-7(4-8(6)10)9(11,12)5-13/h2-4,13H,5H2,1H3. The molecule has 0 unspecified atom stereocenters. The number of benzene rings is 1. The second-order valence-electron chi connectivity index (χ2n) is 2.83. The number of hydrogen-bond acceptors (Lipinski definition) is 1. The lowest BCUT2D eigenvalue weighted by Gasteiger charge is -2.14. The van der Waals surface area contributed by atoms with Crippen LogP contribution >= 0.6 is 11.6 Å². The monoisotopic (exact) mass is 206 g/mol. The van der Waals surface area contributed by atoms with Crippen LogP contribution in [0.5, 0.6) is 0 Å². The van der Waals surface area contributed by atoms with E-state index in [1.165, 1.54) is 18.2 Å². The number of aliphatic hydroxyl groups is 1. The zero-order chi connectivity index (χ0) is 10.1. The van der Waals surface area contributed by atoms with Gasteiger partial charge in [0.15, 0.2) is 0 Å². The van der Waals surface area contributed by atoms with E-state index in [1.54, 1.807) is 6.92 Å². The normalized spacial score (nSPS) is 11.8. The minimum absolute atomic E-state index is 0.259. The number of hydrogen-bond donors (Lipinski definition) is 1. The third-order valence-corrected chi connectivity index (χ3v) is 2.20. The van der Waals surface area contributed by atoms with Gasteiger partial charge in [0.05, 0.1) is 0 Å². The lowest BCUT2D eigenvalue weighted by molar-refractivity contribution is -0.0556. The van der Waals surface area contributed by atoms with Gasteiger partial charge in [0.1, 0.15) is 6.61 Å². The molecule has 0 radical (unpaired) electrons. The maximum atomic E-state index is 12.9. The Kier molecular flexibility index (Phi) is 2.88. The van der Waals surface area contributed by atoms with Gasteiger partial charge in [0.2, 0.25) is 0 Å². The average Bonchev–Trinajstić information content (AvgIpc) is 2.09. The van der Waals surface area contributed by atoms with E-state index in [0.717, 1.165) is 5.56 Å². The molecule has 72 valence electrons. The molecule has 0 aliphatic carbocycles. The third kappa shape index (κ3) is 2.17. The second-order valence-corrected chi connectivity index (χ2v) is 3.23. The Morgan fingerprint density at radius 1 is 1.46 bits per heavy atom. The number of aryl methyl sites for hydroxylation is 1. The summed E-state index contributed by atoms with van der Waals surface area (Å²) in [6, 6.07) is 3.94. The lowest BCUT2D eigenvalue weighted by atomic mass is 10.1. The van der Waals surface area contributed by atoms with Gasteiger partial charge in [0.25, 0.3) is 5.92 Å². The van der Waals surface area contributed by atoms with Gasteiger partial charge in [0, 0.05) is 10.6 Å². The van der Waals surface area contributed by atoms with Crippen molar-refractivity contribution >= 4 is 11.6 Å². The summed E-state index contributed by atoms with van der Waals surface area (Å²) in [5.41, 5.74) is 0.477. The molecule has 0 saturated carbocycles.